The molecule has 0 bridgehead atoms. The minimum Gasteiger partial charge on any atom is -0.302 e. The van der Waals surface area contributed by atoms with Gasteiger partial charge in [-0.05, 0) is 25.1 Å². The molecule has 1 heterocycles. The van der Waals surface area contributed by atoms with Gasteiger partial charge in [-0.1, -0.05) is 12.1 Å². The Hall–Kier alpha value is -2.61. The monoisotopic (exact) mass is 227 g/mol. The molecule has 0 atom stereocenters. The van der Waals surface area contributed by atoms with Crippen LogP contribution in [0.5, 0.6) is 0 Å². The molecule has 0 N–H and O–H groups in total. The minimum absolute atomic E-state index is 0.0280. The summed E-state index contributed by atoms with van der Waals surface area (Å²) in [7, 11) is 0. The number of nitriles is 1. The molecule has 0 amide bonds. The van der Waals surface area contributed by atoms with Crippen LogP contribution in [0.15, 0.2) is 36.5 Å². The van der Waals surface area contributed by atoms with Gasteiger partial charge >= 0.3 is 0 Å². The first kappa shape index (κ1) is 10.9. The Balaban J connectivity index is 2.73. The fourth-order valence-electron chi connectivity index (χ4n) is 1.76. The summed E-state index contributed by atoms with van der Waals surface area (Å²) in [5, 5.41) is 20.0. The molecule has 5 heteroatoms. The number of nitro benzene ring substituents is 1. The van der Waals surface area contributed by atoms with E-state index in [-0.39, 0.29) is 5.69 Å². The van der Waals surface area contributed by atoms with E-state index < -0.39 is 4.92 Å². The summed E-state index contributed by atoms with van der Waals surface area (Å²) in [6.07, 6.45) is 1.64. The molecule has 0 saturated heterocycles. The maximum absolute atomic E-state index is 11.0. The van der Waals surface area contributed by atoms with Crippen molar-refractivity contribution in [3.05, 3.63) is 57.9 Å². The molecule has 0 radical (unpaired) electrons. The lowest BCUT2D eigenvalue weighted by Gasteiger charge is -2.07. The van der Waals surface area contributed by atoms with Gasteiger partial charge in [0.15, 0.2) is 0 Å². The standard InChI is InChI=1S/C12H9N3O2/c1-9-4-2-6-11(12(9)15(16)17)14-7-3-5-10(14)8-13/h2-7H,1H3. The van der Waals surface area contributed by atoms with E-state index in [2.05, 4.69) is 0 Å². The van der Waals surface area contributed by atoms with Crippen LogP contribution < -0.4 is 0 Å². The van der Waals surface area contributed by atoms with Crippen LogP contribution in [0.2, 0.25) is 0 Å². The number of nitro groups is 1. The average molecular weight is 227 g/mol. The number of aromatic nitrogens is 1. The van der Waals surface area contributed by atoms with Gasteiger partial charge in [-0.15, -0.1) is 0 Å². The fourth-order valence-corrected chi connectivity index (χ4v) is 1.76. The van der Waals surface area contributed by atoms with E-state index in [0.717, 1.165) is 0 Å². The van der Waals surface area contributed by atoms with Crippen LogP contribution in [-0.4, -0.2) is 9.49 Å². The van der Waals surface area contributed by atoms with Crippen LogP contribution >= 0.6 is 0 Å². The predicted molar refractivity (Wildman–Crippen MR) is 61.9 cm³/mol. The Kier molecular flexibility index (Phi) is 2.63. The highest BCUT2D eigenvalue weighted by Gasteiger charge is 2.19. The second-order valence-corrected chi connectivity index (χ2v) is 3.57. The lowest BCUT2D eigenvalue weighted by molar-refractivity contribution is -0.385. The number of hydrogen-bond donors (Lipinski definition) is 0. The van der Waals surface area contributed by atoms with Gasteiger partial charge in [-0.3, -0.25) is 10.1 Å². The lowest BCUT2D eigenvalue weighted by Crippen LogP contribution is -2.02. The number of benzene rings is 1. The molecule has 0 aliphatic rings. The molecule has 17 heavy (non-hydrogen) atoms. The summed E-state index contributed by atoms with van der Waals surface area (Å²) in [4.78, 5) is 10.6. The largest absolute Gasteiger partial charge is 0.302 e. The zero-order chi connectivity index (χ0) is 12.4. The van der Waals surface area contributed by atoms with Gasteiger partial charge in [0, 0.05) is 11.8 Å². The van der Waals surface area contributed by atoms with Crippen molar-refractivity contribution in [3.63, 3.8) is 0 Å². The van der Waals surface area contributed by atoms with Crippen LogP contribution in [-0.2, 0) is 0 Å². The third-order valence-corrected chi connectivity index (χ3v) is 2.52. The molecule has 5 nitrogen and oxygen atoms in total. The number of hydrogen-bond acceptors (Lipinski definition) is 3. The first-order chi connectivity index (χ1) is 8.15. The second kappa shape index (κ2) is 4.10. The first-order valence-electron chi connectivity index (χ1n) is 4.97. The lowest BCUT2D eigenvalue weighted by atomic mass is 10.1. The van der Waals surface area contributed by atoms with Crippen molar-refractivity contribution in [1.29, 1.82) is 5.26 Å². The molecule has 0 aliphatic heterocycles. The Bertz CT molecular complexity index is 623. The molecule has 84 valence electrons. The SMILES string of the molecule is Cc1cccc(-n2cccc2C#N)c1[N+](=O)[O-]. The minimum atomic E-state index is -0.425. The molecular weight excluding hydrogens is 218 g/mol. The van der Waals surface area contributed by atoms with Crippen molar-refractivity contribution in [1.82, 2.24) is 4.57 Å². The molecule has 0 saturated carbocycles. The number of aryl methyl sites for hydroxylation is 1. The van der Waals surface area contributed by atoms with Crippen LogP contribution in [0.4, 0.5) is 5.69 Å². The highest BCUT2D eigenvalue weighted by atomic mass is 16.6. The van der Waals surface area contributed by atoms with Crippen molar-refractivity contribution < 1.29 is 4.92 Å². The van der Waals surface area contributed by atoms with E-state index in [4.69, 9.17) is 5.26 Å². The van der Waals surface area contributed by atoms with Gasteiger partial charge in [0.25, 0.3) is 5.69 Å². The van der Waals surface area contributed by atoms with Crippen molar-refractivity contribution in [2.45, 2.75) is 6.92 Å². The fraction of sp³-hybridized carbons (Fsp3) is 0.0833. The van der Waals surface area contributed by atoms with E-state index in [0.29, 0.717) is 16.9 Å². The van der Waals surface area contributed by atoms with Gasteiger partial charge in [0.1, 0.15) is 17.5 Å². The molecule has 0 fully saturated rings. The molecule has 2 aromatic rings. The molecular formula is C12H9N3O2. The summed E-state index contributed by atoms with van der Waals surface area (Å²) in [6.45, 7) is 1.68. The molecule has 0 spiro atoms. The van der Waals surface area contributed by atoms with Gasteiger partial charge in [-0.25, -0.2) is 0 Å². The van der Waals surface area contributed by atoms with E-state index in [1.54, 1.807) is 43.5 Å². The van der Waals surface area contributed by atoms with Crippen molar-refractivity contribution >= 4 is 5.69 Å². The van der Waals surface area contributed by atoms with Crippen LogP contribution in [0.3, 0.4) is 0 Å². The third kappa shape index (κ3) is 1.76. The summed E-state index contributed by atoms with van der Waals surface area (Å²) in [6, 6.07) is 10.3. The molecule has 0 unspecified atom stereocenters. The van der Waals surface area contributed by atoms with Gasteiger partial charge in [-0.2, -0.15) is 5.26 Å². The highest BCUT2D eigenvalue weighted by Crippen LogP contribution is 2.27. The van der Waals surface area contributed by atoms with Gasteiger partial charge < -0.3 is 4.57 Å². The number of para-hydroxylation sites is 1. The normalized spacial score (nSPS) is 9.88. The quantitative estimate of drug-likeness (QED) is 0.584. The predicted octanol–water partition coefficient (Wildman–Crippen LogP) is 2.57. The zero-order valence-electron chi connectivity index (χ0n) is 9.12. The molecule has 1 aromatic heterocycles. The van der Waals surface area contributed by atoms with E-state index in [1.807, 2.05) is 6.07 Å². The van der Waals surface area contributed by atoms with Crippen molar-refractivity contribution in [2.24, 2.45) is 0 Å². The van der Waals surface area contributed by atoms with Gasteiger partial charge in [0.2, 0.25) is 0 Å². The van der Waals surface area contributed by atoms with Crippen LogP contribution in [0.1, 0.15) is 11.3 Å². The number of nitrogens with zero attached hydrogens (tertiary/aromatic N) is 3. The topological polar surface area (TPSA) is 71.9 Å². The van der Waals surface area contributed by atoms with Crippen molar-refractivity contribution in [3.8, 4) is 11.8 Å². The molecule has 1 aromatic carbocycles. The maximum atomic E-state index is 11.0. The Morgan fingerprint density at radius 2 is 2.12 bits per heavy atom. The summed E-state index contributed by atoms with van der Waals surface area (Å²) in [5.74, 6) is 0. The Morgan fingerprint density at radius 1 is 1.35 bits per heavy atom. The van der Waals surface area contributed by atoms with Gasteiger partial charge in [0.05, 0.1) is 4.92 Å². The van der Waals surface area contributed by atoms with E-state index >= 15 is 0 Å². The smallest absolute Gasteiger partial charge is 0.296 e. The van der Waals surface area contributed by atoms with E-state index in [9.17, 15) is 10.1 Å². The highest BCUT2D eigenvalue weighted by molar-refractivity contribution is 5.58. The first-order valence-corrected chi connectivity index (χ1v) is 4.97. The average Bonchev–Trinajstić information content (AvgIpc) is 2.75. The summed E-state index contributed by atoms with van der Waals surface area (Å²) >= 11 is 0. The third-order valence-electron chi connectivity index (χ3n) is 2.52. The Labute approximate surface area is 97.7 Å². The van der Waals surface area contributed by atoms with Crippen molar-refractivity contribution in [2.75, 3.05) is 0 Å². The van der Waals surface area contributed by atoms with Crippen LogP contribution in [0, 0.1) is 28.4 Å². The number of rotatable bonds is 2. The molecule has 2 rings (SSSR count). The van der Waals surface area contributed by atoms with E-state index in [1.165, 1.54) is 4.57 Å². The second-order valence-electron chi connectivity index (χ2n) is 3.57. The maximum Gasteiger partial charge on any atom is 0.296 e. The zero-order valence-corrected chi connectivity index (χ0v) is 9.12. The Morgan fingerprint density at radius 3 is 2.76 bits per heavy atom. The summed E-state index contributed by atoms with van der Waals surface area (Å²) < 4.78 is 1.52. The molecule has 0 aliphatic carbocycles. The van der Waals surface area contributed by atoms with Crippen LogP contribution in [0.25, 0.3) is 5.69 Å². The summed E-state index contributed by atoms with van der Waals surface area (Å²) in [5.41, 5.74) is 1.39.